The summed E-state index contributed by atoms with van der Waals surface area (Å²) in [6.45, 7) is 6.12. The first kappa shape index (κ1) is 11.2. The lowest BCUT2D eigenvalue weighted by molar-refractivity contribution is 0.581. The van der Waals surface area contributed by atoms with Crippen molar-refractivity contribution in [2.75, 3.05) is 31.1 Å². The lowest BCUT2D eigenvalue weighted by Crippen LogP contribution is -2.44. The fourth-order valence-corrected chi connectivity index (χ4v) is 2.29. The molecule has 0 bridgehead atoms. The van der Waals surface area contributed by atoms with Crippen molar-refractivity contribution < 1.29 is 0 Å². The molecule has 0 aromatic carbocycles. The van der Waals surface area contributed by atoms with Gasteiger partial charge in [0.2, 0.25) is 0 Å². The van der Waals surface area contributed by atoms with E-state index in [0.717, 1.165) is 43.4 Å². The SMILES string of the molecule is Cc1cc(-c2ccc[nH]2)nnc1N1CCNCC1. The van der Waals surface area contributed by atoms with Crippen LogP contribution in [0.3, 0.4) is 0 Å². The fourth-order valence-electron chi connectivity index (χ4n) is 2.29. The van der Waals surface area contributed by atoms with E-state index in [9.17, 15) is 0 Å². The second-order valence-corrected chi connectivity index (χ2v) is 4.56. The van der Waals surface area contributed by atoms with Gasteiger partial charge in [0.1, 0.15) is 5.69 Å². The molecule has 0 saturated carbocycles. The summed E-state index contributed by atoms with van der Waals surface area (Å²) in [7, 11) is 0. The first-order valence-corrected chi connectivity index (χ1v) is 6.28. The largest absolute Gasteiger partial charge is 0.360 e. The molecule has 1 fully saturated rings. The molecule has 1 saturated heterocycles. The van der Waals surface area contributed by atoms with Crippen molar-refractivity contribution in [2.24, 2.45) is 0 Å². The van der Waals surface area contributed by atoms with Gasteiger partial charge >= 0.3 is 0 Å². The van der Waals surface area contributed by atoms with E-state index in [1.807, 2.05) is 18.3 Å². The molecule has 1 aliphatic rings. The molecule has 5 heteroatoms. The van der Waals surface area contributed by atoms with Gasteiger partial charge in [-0.3, -0.25) is 0 Å². The number of piperazine rings is 1. The van der Waals surface area contributed by atoms with E-state index in [1.165, 1.54) is 5.56 Å². The average molecular weight is 243 g/mol. The summed E-state index contributed by atoms with van der Waals surface area (Å²) < 4.78 is 0. The standard InChI is InChI=1S/C13H17N5/c1-10-9-12(11-3-2-4-15-11)16-17-13(10)18-7-5-14-6-8-18/h2-4,9,14-15H,5-8H2,1H3. The summed E-state index contributed by atoms with van der Waals surface area (Å²) in [5.41, 5.74) is 3.09. The van der Waals surface area contributed by atoms with Crippen molar-refractivity contribution in [2.45, 2.75) is 6.92 Å². The van der Waals surface area contributed by atoms with Crippen LogP contribution in [0.2, 0.25) is 0 Å². The van der Waals surface area contributed by atoms with Crippen LogP contribution in [0.4, 0.5) is 5.82 Å². The van der Waals surface area contributed by atoms with Crippen LogP contribution in [-0.2, 0) is 0 Å². The molecule has 18 heavy (non-hydrogen) atoms. The predicted molar refractivity (Wildman–Crippen MR) is 71.6 cm³/mol. The van der Waals surface area contributed by atoms with Crippen molar-refractivity contribution in [1.82, 2.24) is 20.5 Å². The number of hydrogen-bond donors (Lipinski definition) is 2. The van der Waals surface area contributed by atoms with Crippen LogP contribution in [0.25, 0.3) is 11.4 Å². The van der Waals surface area contributed by atoms with Crippen LogP contribution < -0.4 is 10.2 Å². The third-order valence-corrected chi connectivity index (χ3v) is 3.25. The van der Waals surface area contributed by atoms with Gasteiger partial charge in [-0.15, -0.1) is 10.2 Å². The maximum atomic E-state index is 4.39. The molecule has 0 unspecified atom stereocenters. The highest BCUT2D eigenvalue weighted by molar-refractivity contribution is 5.58. The van der Waals surface area contributed by atoms with E-state index in [-0.39, 0.29) is 0 Å². The monoisotopic (exact) mass is 243 g/mol. The Labute approximate surface area is 106 Å². The van der Waals surface area contributed by atoms with Crippen LogP contribution in [0.15, 0.2) is 24.4 Å². The fraction of sp³-hybridized carbons (Fsp3) is 0.385. The summed E-state index contributed by atoms with van der Waals surface area (Å²) in [5.74, 6) is 1.01. The molecule has 3 heterocycles. The Kier molecular flexibility index (Phi) is 2.98. The zero-order valence-electron chi connectivity index (χ0n) is 10.5. The molecule has 0 spiro atoms. The number of aryl methyl sites for hydroxylation is 1. The average Bonchev–Trinajstić information content (AvgIpc) is 2.93. The van der Waals surface area contributed by atoms with Gasteiger partial charge in [-0.05, 0) is 30.7 Å². The van der Waals surface area contributed by atoms with E-state index < -0.39 is 0 Å². The van der Waals surface area contributed by atoms with Crippen molar-refractivity contribution in [3.8, 4) is 11.4 Å². The van der Waals surface area contributed by atoms with Crippen LogP contribution in [-0.4, -0.2) is 41.4 Å². The number of nitrogens with zero attached hydrogens (tertiary/aromatic N) is 3. The second kappa shape index (κ2) is 4.78. The van der Waals surface area contributed by atoms with Gasteiger partial charge in [-0.1, -0.05) is 0 Å². The number of H-pyrrole nitrogens is 1. The Morgan fingerprint density at radius 3 is 2.72 bits per heavy atom. The summed E-state index contributed by atoms with van der Waals surface area (Å²) >= 11 is 0. The van der Waals surface area contributed by atoms with Gasteiger partial charge < -0.3 is 15.2 Å². The van der Waals surface area contributed by atoms with Gasteiger partial charge in [0, 0.05) is 32.4 Å². The molecule has 1 aliphatic heterocycles. The number of nitrogens with one attached hydrogen (secondary N) is 2. The summed E-state index contributed by atoms with van der Waals surface area (Å²) in [4.78, 5) is 5.44. The lowest BCUT2D eigenvalue weighted by atomic mass is 10.2. The Hall–Kier alpha value is -1.88. The zero-order valence-corrected chi connectivity index (χ0v) is 10.5. The first-order valence-electron chi connectivity index (χ1n) is 6.28. The van der Waals surface area contributed by atoms with Crippen LogP contribution in [0.1, 0.15) is 5.56 Å². The van der Waals surface area contributed by atoms with Crippen molar-refractivity contribution in [1.29, 1.82) is 0 Å². The maximum Gasteiger partial charge on any atom is 0.154 e. The molecule has 2 N–H and O–H groups in total. The Balaban J connectivity index is 1.89. The molecule has 0 atom stereocenters. The topological polar surface area (TPSA) is 56.8 Å². The van der Waals surface area contributed by atoms with Gasteiger partial charge in [0.15, 0.2) is 5.82 Å². The molecule has 2 aromatic heterocycles. The molecule has 94 valence electrons. The van der Waals surface area contributed by atoms with E-state index in [0.29, 0.717) is 0 Å². The minimum atomic E-state index is 0.899. The number of aromatic nitrogens is 3. The molecule has 0 radical (unpaired) electrons. The molecular formula is C13H17N5. The molecule has 0 amide bonds. The van der Waals surface area contributed by atoms with Crippen LogP contribution >= 0.6 is 0 Å². The smallest absolute Gasteiger partial charge is 0.154 e. The lowest BCUT2D eigenvalue weighted by Gasteiger charge is -2.29. The van der Waals surface area contributed by atoms with E-state index in [1.54, 1.807) is 0 Å². The number of aromatic amines is 1. The third kappa shape index (κ3) is 2.09. The van der Waals surface area contributed by atoms with Crippen molar-refractivity contribution >= 4 is 5.82 Å². The molecule has 0 aliphatic carbocycles. The maximum absolute atomic E-state index is 4.39. The minimum absolute atomic E-state index is 0.899. The van der Waals surface area contributed by atoms with E-state index in [2.05, 4.69) is 38.4 Å². The third-order valence-electron chi connectivity index (χ3n) is 3.25. The first-order chi connectivity index (χ1) is 8.84. The molecule has 3 rings (SSSR count). The predicted octanol–water partition coefficient (Wildman–Crippen LogP) is 1.19. The molecule has 5 nitrogen and oxygen atoms in total. The highest BCUT2D eigenvalue weighted by atomic mass is 15.3. The number of anilines is 1. The van der Waals surface area contributed by atoms with E-state index in [4.69, 9.17) is 0 Å². The van der Waals surface area contributed by atoms with Crippen molar-refractivity contribution in [3.63, 3.8) is 0 Å². The summed E-state index contributed by atoms with van der Waals surface area (Å²) in [6.07, 6.45) is 1.90. The molecule has 2 aromatic rings. The number of hydrogen-bond acceptors (Lipinski definition) is 4. The highest BCUT2D eigenvalue weighted by Crippen LogP contribution is 2.21. The normalized spacial score (nSPS) is 15.9. The molecular weight excluding hydrogens is 226 g/mol. The minimum Gasteiger partial charge on any atom is -0.360 e. The quantitative estimate of drug-likeness (QED) is 0.832. The van der Waals surface area contributed by atoms with Gasteiger partial charge in [-0.25, -0.2) is 0 Å². The highest BCUT2D eigenvalue weighted by Gasteiger charge is 2.15. The van der Waals surface area contributed by atoms with E-state index >= 15 is 0 Å². The van der Waals surface area contributed by atoms with Gasteiger partial charge in [0.05, 0.1) is 5.69 Å². The second-order valence-electron chi connectivity index (χ2n) is 4.56. The zero-order chi connectivity index (χ0) is 12.4. The Morgan fingerprint density at radius 2 is 2.06 bits per heavy atom. The summed E-state index contributed by atoms with van der Waals surface area (Å²) in [5, 5.41) is 12.0. The van der Waals surface area contributed by atoms with Gasteiger partial charge in [-0.2, -0.15) is 0 Å². The van der Waals surface area contributed by atoms with Gasteiger partial charge in [0.25, 0.3) is 0 Å². The Bertz CT molecular complexity index is 514. The van der Waals surface area contributed by atoms with Crippen LogP contribution in [0.5, 0.6) is 0 Å². The van der Waals surface area contributed by atoms with Crippen LogP contribution in [0, 0.1) is 6.92 Å². The number of rotatable bonds is 2. The Morgan fingerprint density at radius 1 is 1.22 bits per heavy atom. The summed E-state index contributed by atoms with van der Waals surface area (Å²) in [6, 6.07) is 6.07. The van der Waals surface area contributed by atoms with Crippen molar-refractivity contribution in [3.05, 3.63) is 30.0 Å².